The van der Waals surface area contributed by atoms with E-state index in [0.717, 1.165) is 5.56 Å². The molecule has 1 aliphatic rings. The minimum atomic E-state index is -0.520. The summed E-state index contributed by atoms with van der Waals surface area (Å²) in [4.78, 5) is 25.8. The molecule has 1 aliphatic heterocycles. The highest BCUT2D eigenvalue weighted by molar-refractivity contribution is 5.81. The Hall–Kier alpha value is -1.84. The van der Waals surface area contributed by atoms with Crippen LogP contribution in [-0.4, -0.2) is 35.5 Å². The molecule has 0 bridgehead atoms. The Bertz CT molecular complexity index is 519. The van der Waals surface area contributed by atoms with Crippen LogP contribution in [0.4, 0.5) is 4.79 Å². The number of likely N-dealkylation sites (tertiary alicyclic amines) is 1. The number of ether oxygens (including phenoxy) is 1. The first-order valence-electron chi connectivity index (χ1n) is 7.31. The molecule has 0 spiro atoms. The maximum Gasteiger partial charge on any atom is 0.410 e. The molecular formula is C17H23NO3. The standard InChI is InChI=1S/C17H23NO3/c1-12(19)14-10-18(16(20)21-17(2,3)4)11-15(14)13-8-6-5-7-9-13/h5-9,14-15H,10-11H2,1-4H3/t14-,15-/m1/s1. The topological polar surface area (TPSA) is 46.6 Å². The van der Waals surface area contributed by atoms with Crippen LogP contribution in [-0.2, 0) is 9.53 Å². The van der Waals surface area contributed by atoms with E-state index in [1.54, 1.807) is 11.8 Å². The van der Waals surface area contributed by atoms with Crippen LogP contribution in [0.2, 0.25) is 0 Å². The Morgan fingerprint density at radius 1 is 1.14 bits per heavy atom. The number of carbonyl (C=O) groups excluding carboxylic acids is 2. The maximum atomic E-state index is 12.2. The Kier molecular flexibility index (Phi) is 4.35. The second-order valence-corrected chi connectivity index (χ2v) is 6.62. The second-order valence-electron chi connectivity index (χ2n) is 6.62. The van der Waals surface area contributed by atoms with Gasteiger partial charge in [-0.1, -0.05) is 30.3 Å². The van der Waals surface area contributed by atoms with Gasteiger partial charge in [-0.15, -0.1) is 0 Å². The number of nitrogens with zero attached hydrogens (tertiary/aromatic N) is 1. The molecule has 0 N–H and O–H groups in total. The number of ketones is 1. The van der Waals surface area contributed by atoms with E-state index in [1.807, 2.05) is 51.1 Å². The van der Waals surface area contributed by atoms with Crippen LogP contribution >= 0.6 is 0 Å². The Labute approximate surface area is 126 Å². The fraction of sp³-hybridized carbons (Fsp3) is 0.529. The van der Waals surface area contributed by atoms with Crippen molar-refractivity contribution in [3.8, 4) is 0 Å². The molecule has 4 heteroatoms. The van der Waals surface area contributed by atoms with E-state index in [9.17, 15) is 9.59 Å². The molecule has 0 saturated carbocycles. The van der Waals surface area contributed by atoms with E-state index in [0.29, 0.717) is 13.1 Å². The van der Waals surface area contributed by atoms with E-state index in [1.165, 1.54) is 0 Å². The van der Waals surface area contributed by atoms with Crippen LogP contribution in [0.15, 0.2) is 30.3 Å². The van der Waals surface area contributed by atoms with Crippen molar-refractivity contribution in [1.82, 2.24) is 4.90 Å². The molecule has 21 heavy (non-hydrogen) atoms. The van der Waals surface area contributed by atoms with Gasteiger partial charge in [0, 0.05) is 24.9 Å². The summed E-state index contributed by atoms with van der Waals surface area (Å²) in [5.74, 6) is 0.0195. The Morgan fingerprint density at radius 2 is 1.76 bits per heavy atom. The highest BCUT2D eigenvalue weighted by atomic mass is 16.6. The molecule has 0 aromatic heterocycles. The average Bonchev–Trinajstić information content (AvgIpc) is 2.83. The Balaban J connectivity index is 2.16. The van der Waals surface area contributed by atoms with Crippen LogP contribution in [0.5, 0.6) is 0 Å². The first kappa shape index (κ1) is 15.5. The van der Waals surface area contributed by atoms with E-state index in [4.69, 9.17) is 4.74 Å². The van der Waals surface area contributed by atoms with Crippen molar-refractivity contribution in [1.29, 1.82) is 0 Å². The largest absolute Gasteiger partial charge is 0.444 e. The van der Waals surface area contributed by atoms with Crippen LogP contribution in [0.25, 0.3) is 0 Å². The second kappa shape index (κ2) is 5.88. The number of amides is 1. The average molecular weight is 289 g/mol. The highest BCUT2D eigenvalue weighted by Crippen LogP contribution is 2.33. The predicted molar refractivity (Wildman–Crippen MR) is 81.2 cm³/mol. The summed E-state index contributed by atoms with van der Waals surface area (Å²) in [6, 6.07) is 9.90. The van der Waals surface area contributed by atoms with E-state index < -0.39 is 5.60 Å². The molecule has 114 valence electrons. The van der Waals surface area contributed by atoms with Crippen LogP contribution < -0.4 is 0 Å². The molecule has 1 aromatic carbocycles. The molecule has 2 atom stereocenters. The number of hydrogen-bond acceptors (Lipinski definition) is 3. The molecule has 1 fully saturated rings. The quantitative estimate of drug-likeness (QED) is 0.839. The van der Waals surface area contributed by atoms with Gasteiger partial charge in [-0.3, -0.25) is 4.79 Å². The normalized spacial score (nSPS) is 22.2. The lowest BCUT2D eigenvalue weighted by Crippen LogP contribution is -2.35. The van der Waals surface area contributed by atoms with Gasteiger partial charge in [0.15, 0.2) is 0 Å². The fourth-order valence-electron chi connectivity index (χ4n) is 2.73. The van der Waals surface area contributed by atoms with Crippen molar-refractivity contribution >= 4 is 11.9 Å². The number of benzene rings is 1. The van der Waals surface area contributed by atoms with Gasteiger partial charge in [-0.05, 0) is 33.3 Å². The van der Waals surface area contributed by atoms with E-state index in [-0.39, 0.29) is 23.7 Å². The molecule has 0 radical (unpaired) electrons. The van der Waals surface area contributed by atoms with Crippen LogP contribution in [0, 0.1) is 5.92 Å². The van der Waals surface area contributed by atoms with Gasteiger partial charge in [-0.2, -0.15) is 0 Å². The van der Waals surface area contributed by atoms with Crippen molar-refractivity contribution in [2.24, 2.45) is 5.92 Å². The maximum absolute atomic E-state index is 12.2. The minimum Gasteiger partial charge on any atom is -0.444 e. The van der Waals surface area contributed by atoms with Crippen molar-refractivity contribution in [3.63, 3.8) is 0 Å². The molecule has 4 nitrogen and oxygen atoms in total. The van der Waals surface area contributed by atoms with Crippen molar-refractivity contribution in [2.45, 2.75) is 39.2 Å². The number of Topliss-reactive ketones (excluding diaryl/α,β-unsaturated/α-hetero) is 1. The van der Waals surface area contributed by atoms with E-state index >= 15 is 0 Å². The lowest BCUT2D eigenvalue weighted by Gasteiger charge is -2.24. The summed E-state index contributed by atoms with van der Waals surface area (Å²) in [5, 5.41) is 0. The molecular weight excluding hydrogens is 266 g/mol. The lowest BCUT2D eigenvalue weighted by atomic mass is 9.87. The third kappa shape index (κ3) is 3.84. The zero-order valence-electron chi connectivity index (χ0n) is 13.1. The van der Waals surface area contributed by atoms with Gasteiger partial charge in [0.1, 0.15) is 11.4 Å². The summed E-state index contributed by atoms with van der Waals surface area (Å²) in [6.07, 6.45) is -0.341. The zero-order chi connectivity index (χ0) is 15.6. The molecule has 1 aromatic rings. The first-order chi connectivity index (χ1) is 9.78. The van der Waals surface area contributed by atoms with Crippen molar-refractivity contribution in [2.75, 3.05) is 13.1 Å². The van der Waals surface area contributed by atoms with Gasteiger partial charge in [0.25, 0.3) is 0 Å². The van der Waals surface area contributed by atoms with Gasteiger partial charge in [0.2, 0.25) is 0 Å². The summed E-state index contributed by atoms with van der Waals surface area (Å²) >= 11 is 0. The minimum absolute atomic E-state index is 0.0521. The van der Waals surface area contributed by atoms with Gasteiger partial charge < -0.3 is 9.64 Å². The van der Waals surface area contributed by atoms with Crippen molar-refractivity contribution < 1.29 is 14.3 Å². The zero-order valence-corrected chi connectivity index (χ0v) is 13.1. The summed E-state index contributed by atoms with van der Waals surface area (Å²) in [7, 11) is 0. The molecule has 1 saturated heterocycles. The summed E-state index contributed by atoms with van der Waals surface area (Å²) < 4.78 is 5.41. The highest BCUT2D eigenvalue weighted by Gasteiger charge is 2.40. The molecule has 0 unspecified atom stereocenters. The molecule has 1 amide bonds. The SMILES string of the molecule is CC(=O)[C@H]1CN(C(=O)OC(C)(C)C)C[C@@H]1c1ccccc1. The summed E-state index contributed by atoms with van der Waals surface area (Å²) in [6.45, 7) is 8.10. The number of rotatable bonds is 2. The third-order valence-electron chi connectivity index (χ3n) is 3.72. The summed E-state index contributed by atoms with van der Waals surface area (Å²) in [5.41, 5.74) is 0.581. The predicted octanol–water partition coefficient (Wildman–Crippen LogP) is 3.23. The third-order valence-corrected chi connectivity index (χ3v) is 3.72. The molecule has 1 heterocycles. The monoisotopic (exact) mass is 289 g/mol. The number of carbonyl (C=O) groups is 2. The smallest absolute Gasteiger partial charge is 0.410 e. The van der Waals surface area contributed by atoms with Crippen LogP contribution in [0.1, 0.15) is 39.2 Å². The first-order valence-corrected chi connectivity index (χ1v) is 7.31. The molecule has 0 aliphatic carbocycles. The Morgan fingerprint density at radius 3 is 2.29 bits per heavy atom. The molecule has 2 rings (SSSR count). The van der Waals surface area contributed by atoms with E-state index in [2.05, 4.69) is 0 Å². The van der Waals surface area contributed by atoms with Gasteiger partial charge in [0.05, 0.1) is 0 Å². The van der Waals surface area contributed by atoms with Gasteiger partial charge >= 0.3 is 6.09 Å². The van der Waals surface area contributed by atoms with Crippen LogP contribution in [0.3, 0.4) is 0 Å². The van der Waals surface area contributed by atoms with Crippen molar-refractivity contribution in [3.05, 3.63) is 35.9 Å². The number of hydrogen-bond donors (Lipinski definition) is 0. The lowest BCUT2D eigenvalue weighted by molar-refractivity contribution is -0.120. The van der Waals surface area contributed by atoms with Gasteiger partial charge in [-0.25, -0.2) is 4.79 Å². The fourth-order valence-corrected chi connectivity index (χ4v) is 2.73.